The lowest BCUT2D eigenvalue weighted by molar-refractivity contribution is -0.143. The highest BCUT2D eigenvalue weighted by atomic mass is 16.6. The van der Waals surface area contributed by atoms with E-state index in [-0.39, 0.29) is 12.8 Å². The van der Waals surface area contributed by atoms with Crippen LogP contribution in [0.15, 0.2) is 60.7 Å². The minimum atomic E-state index is -0.486. The number of carbonyl (C=O) groups is 4. The lowest BCUT2D eigenvalue weighted by Crippen LogP contribution is -2.19. The Labute approximate surface area is 187 Å². The molecule has 0 saturated carbocycles. The highest BCUT2D eigenvalue weighted by molar-refractivity contribution is 5.90. The first-order chi connectivity index (χ1) is 15.3. The smallest absolute Gasteiger partial charge is 0.338 e. The Kier molecular flexibility index (Phi) is 11.8. The largest absolute Gasteiger partial charge is 0.469 e. The maximum atomic E-state index is 11.6. The van der Waals surface area contributed by atoms with Crippen LogP contribution in [-0.2, 0) is 28.5 Å². The number of hydrogen-bond donors (Lipinski definition) is 0. The highest BCUT2D eigenvalue weighted by Crippen LogP contribution is 2.07. The fraction of sp³-hybridized carbons (Fsp3) is 0.333. The van der Waals surface area contributed by atoms with Crippen LogP contribution in [0.1, 0.15) is 47.4 Å². The summed E-state index contributed by atoms with van der Waals surface area (Å²) < 4.78 is 19.1. The fourth-order valence-electron chi connectivity index (χ4n) is 2.37. The molecule has 0 N–H and O–H groups in total. The van der Waals surface area contributed by atoms with Crippen LogP contribution >= 0.6 is 0 Å². The summed E-state index contributed by atoms with van der Waals surface area (Å²) in [6, 6.07) is 17.3. The number of methoxy groups -OCH3 is 2. The van der Waals surface area contributed by atoms with Gasteiger partial charge in [0.25, 0.3) is 0 Å². The third-order valence-corrected chi connectivity index (χ3v) is 4.00. The summed E-state index contributed by atoms with van der Waals surface area (Å²) in [6.45, 7) is 3.30. The van der Waals surface area contributed by atoms with Gasteiger partial charge in [-0.2, -0.15) is 0 Å². The lowest BCUT2D eigenvalue weighted by atomic mass is 10.2. The molecule has 2 aromatic carbocycles. The maximum Gasteiger partial charge on any atom is 0.338 e. The van der Waals surface area contributed by atoms with Gasteiger partial charge < -0.3 is 18.9 Å². The molecule has 0 fully saturated rings. The van der Waals surface area contributed by atoms with E-state index in [1.54, 1.807) is 62.4 Å². The molecular formula is C24H28O8. The molecule has 172 valence electrons. The number of hydrogen-bond acceptors (Lipinski definition) is 8. The van der Waals surface area contributed by atoms with Gasteiger partial charge in [-0.1, -0.05) is 36.4 Å². The van der Waals surface area contributed by atoms with Gasteiger partial charge >= 0.3 is 23.9 Å². The molecule has 2 atom stereocenters. The molecule has 0 radical (unpaired) electrons. The van der Waals surface area contributed by atoms with Gasteiger partial charge in [-0.25, -0.2) is 9.59 Å². The van der Waals surface area contributed by atoms with Crippen LogP contribution in [0.4, 0.5) is 0 Å². The number of rotatable bonds is 8. The Morgan fingerprint density at radius 2 is 0.938 bits per heavy atom. The summed E-state index contributed by atoms with van der Waals surface area (Å²) in [6.07, 6.45) is -0.843. The first kappa shape index (κ1) is 26.4. The molecule has 0 bridgehead atoms. The Morgan fingerprint density at radius 1 is 0.625 bits per heavy atom. The summed E-state index contributed by atoms with van der Waals surface area (Å²) >= 11 is 0. The van der Waals surface area contributed by atoms with Crippen LogP contribution in [0.5, 0.6) is 0 Å². The number of carbonyl (C=O) groups excluding carboxylic acids is 4. The standard InChI is InChI=1S/2C12H14O4/c2*1-9(8-11(13)15-2)16-12(14)10-6-4-3-5-7-10/h2*3-7,9H,8H2,1-2H3. The van der Waals surface area contributed by atoms with Crippen molar-refractivity contribution >= 4 is 23.9 Å². The molecule has 0 amide bonds. The minimum Gasteiger partial charge on any atom is -0.469 e. The van der Waals surface area contributed by atoms with Crippen molar-refractivity contribution in [1.82, 2.24) is 0 Å². The van der Waals surface area contributed by atoms with Crippen molar-refractivity contribution in [2.45, 2.75) is 38.9 Å². The molecule has 0 aliphatic carbocycles. The second-order valence-electron chi connectivity index (χ2n) is 6.72. The van der Waals surface area contributed by atoms with E-state index in [0.717, 1.165) is 0 Å². The van der Waals surface area contributed by atoms with Crippen molar-refractivity contribution in [2.24, 2.45) is 0 Å². The molecular weight excluding hydrogens is 416 g/mol. The normalized spacial score (nSPS) is 11.6. The monoisotopic (exact) mass is 444 g/mol. The molecule has 2 unspecified atom stereocenters. The van der Waals surface area contributed by atoms with E-state index in [0.29, 0.717) is 11.1 Å². The van der Waals surface area contributed by atoms with E-state index >= 15 is 0 Å². The van der Waals surface area contributed by atoms with Crippen molar-refractivity contribution in [2.75, 3.05) is 14.2 Å². The summed E-state index contributed by atoms with van der Waals surface area (Å²) in [7, 11) is 2.60. The maximum absolute atomic E-state index is 11.6. The van der Waals surface area contributed by atoms with E-state index in [2.05, 4.69) is 9.47 Å². The molecule has 0 spiro atoms. The van der Waals surface area contributed by atoms with E-state index in [1.807, 2.05) is 12.1 Å². The summed E-state index contributed by atoms with van der Waals surface area (Å²) in [5.74, 6) is -1.66. The minimum absolute atomic E-state index is 0.0646. The second kappa shape index (κ2) is 14.3. The average molecular weight is 444 g/mol. The van der Waals surface area contributed by atoms with E-state index < -0.39 is 36.1 Å². The Balaban J connectivity index is 0.000000320. The van der Waals surface area contributed by atoms with E-state index in [9.17, 15) is 19.2 Å². The summed E-state index contributed by atoms with van der Waals surface area (Å²) in [5, 5.41) is 0. The van der Waals surface area contributed by atoms with Crippen molar-refractivity contribution in [3.63, 3.8) is 0 Å². The molecule has 8 nitrogen and oxygen atoms in total. The molecule has 32 heavy (non-hydrogen) atoms. The summed E-state index contributed by atoms with van der Waals surface area (Å²) in [4.78, 5) is 45.0. The topological polar surface area (TPSA) is 105 Å². The van der Waals surface area contributed by atoms with Gasteiger partial charge in [0.15, 0.2) is 0 Å². The van der Waals surface area contributed by atoms with E-state index in [4.69, 9.17) is 9.47 Å². The van der Waals surface area contributed by atoms with Crippen LogP contribution < -0.4 is 0 Å². The fourth-order valence-corrected chi connectivity index (χ4v) is 2.37. The van der Waals surface area contributed by atoms with Crippen LogP contribution in [0.25, 0.3) is 0 Å². The number of ether oxygens (including phenoxy) is 4. The van der Waals surface area contributed by atoms with Gasteiger partial charge in [0.05, 0.1) is 38.2 Å². The Hall–Kier alpha value is -3.68. The zero-order valence-electron chi connectivity index (χ0n) is 18.6. The molecule has 0 saturated heterocycles. The van der Waals surface area contributed by atoms with Gasteiger partial charge in [-0.15, -0.1) is 0 Å². The first-order valence-corrected chi connectivity index (χ1v) is 9.92. The zero-order valence-corrected chi connectivity index (χ0v) is 18.6. The lowest BCUT2D eigenvalue weighted by Gasteiger charge is -2.11. The molecule has 2 aromatic rings. The highest BCUT2D eigenvalue weighted by Gasteiger charge is 2.16. The van der Waals surface area contributed by atoms with Crippen LogP contribution in [-0.4, -0.2) is 50.3 Å². The summed E-state index contributed by atoms with van der Waals surface area (Å²) in [5.41, 5.74) is 0.943. The van der Waals surface area contributed by atoms with Gasteiger partial charge in [-0.05, 0) is 38.1 Å². The van der Waals surface area contributed by atoms with Gasteiger partial charge in [0.1, 0.15) is 12.2 Å². The average Bonchev–Trinajstić information content (AvgIpc) is 2.80. The second-order valence-corrected chi connectivity index (χ2v) is 6.72. The van der Waals surface area contributed by atoms with Gasteiger partial charge in [0, 0.05) is 0 Å². The van der Waals surface area contributed by atoms with E-state index in [1.165, 1.54) is 14.2 Å². The van der Waals surface area contributed by atoms with Crippen LogP contribution in [0.2, 0.25) is 0 Å². The number of esters is 4. The Bertz CT molecular complexity index is 791. The van der Waals surface area contributed by atoms with Gasteiger partial charge in [-0.3, -0.25) is 9.59 Å². The first-order valence-electron chi connectivity index (χ1n) is 9.92. The number of benzene rings is 2. The van der Waals surface area contributed by atoms with Crippen LogP contribution in [0.3, 0.4) is 0 Å². The molecule has 8 heteroatoms. The quantitative estimate of drug-likeness (QED) is 0.449. The molecule has 0 aromatic heterocycles. The zero-order chi connectivity index (χ0) is 23.9. The molecule has 0 aliphatic rings. The van der Waals surface area contributed by atoms with Crippen molar-refractivity contribution in [3.05, 3.63) is 71.8 Å². The molecule has 2 rings (SSSR count). The SMILES string of the molecule is COC(=O)CC(C)OC(=O)c1ccccc1.COC(=O)CC(C)OC(=O)c1ccccc1. The predicted molar refractivity (Wildman–Crippen MR) is 116 cm³/mol. The third-order valence-electron chi connectivity index (χ3n) is 4.00. The van der Waals surface area contributed by atoms with Gasteiger partial charge in [0.2, 0.25) is 0 Å². The van der Waals surface area contributed by atoms with Crippen molar-refractivity contribution in [3.8, 4) is 0 Å². The predicted octanol–water partition coefficient (Wildman–Crippen LogP) is 3.59. The molecule has 0 aliphatic heterocycles. The van der Waals surface area contributed by atoms with Crippen molar-refractivity contribution in [1.29, 1.82) is 0 Å². The molecule has 0 heterocycles. The van der Waals surface area contributed by atoms with Crippen molar-refractivity contribution < 1.29 is 38.1 Å². The Morgan fingerprint density at radius 3 is 1.22 bits per heavy atom. The third kappa shape index (κ3) is 10.4. The van der Waals surface area contributed by atoms with Crippen LogP contribution in [0, 0.1) is 0 Å².